The highest BCUT2D eigenvalue weighted by Crippen LogP contribution is 2.50. The summed E-state index contributed by atoms with van der Waals surface area (Å²) < 4.78 is 75.6. The average molecular weight is 640 g/mol. The number of carboxylic acid groups (broad SMARTS) is 1. The van der Waals surface area contributed by atoms with Gasteiger partial charge in [0, 0.05) is 29.3 Å². The monoisotopic (exact) mass is 639 g/mol. The number of rotatable bonds is 7. The normalized spacial score (nSPS) is 21.2. The van der Waals surface area contributed by atoms with E-state index in [1.165, 1.54) is 11.6 Å². The van der Waals surface area contributed by atoms with Gasteiger partial charge < -0.3 is 29.6 Å². The molecule has 1 aliphatic carbocycles. The molecule has 3 aromatic rings. The SMILES string of the molecule is COc1ccc(C23CCC(NC(=O)Nc4ccc(F)c(F)c4)CC2N(Cc2ccc(C)o2)CC3)cc1OC.O=C(O)C(F)(F)F. The Balaban J connectivity index is 0.000000591. The predicted octanol–water partition coefficient (Wildman–Crippen LogP) is 6.40. The maximum Gasteiger partial charge on any atom is 0.490 e. The van der Waals surface area contributed by atoms with Gasteiger partial charge in [-0.05, 0) is 81.1 Å². The van der Waals surface area contributed by atoms with Crippen molar-refractivity contribution in [3.8, 4) is 11.5 Å². The predicted molar refractivity (Wildman–Crippen MR) is 153 cm³/mol. The molecule has 2 aliphatic rings. The van der Waals surface area contributed by atoms with Gasteiger partial charge in [0.15, 0.2) is 23.1 Å². The number of aryl methyl sites for hydroxylation is 1. The largest absolute Gasteiger partial charge is 0.493 e. The lowest BCUT2D eigenvalue weighted by atomic mass is 9.65. The fraction of sp³-hybridized carbons (Fsp3) is 0.419. The molecule has 2 aromatic carbocycles. The van der Waals surface area contributed by atoms with Gasteiger partial charge in [-0.1, -0.05) is 6.07 Å². The zero-order valence-electron chi connectivity index (χ0n) is 24.8. The van der Waals surface area contributed by atoms with Gasteiger partial charge in [0.1, 0.15) is 11.5 Å². The van der Waals surface area contributed by atoms with Gasteiger partial charge in [-0.2, -0.15) is 13.2 Å². The van der Waals surface area contributed by atoms with Gasteiger partial charge in [0.2, 0.25) is 0 Å². The molecular formula is C31H34F5N3O6. The lowest BCUT2D eigenvalue weighted by molar-refractivity contribution is -0.192. The van der Waals surface area contributed by atoms with Gasteiger partial charge >= 0.3 is 18.2 Å². The van der Waals surface area contributed by atoms with E-state index in [1.807, 2.05) is 25.1 Å². The number of halogens is 5. The number of carbonyl (C=O) groups is 2. The number of furan rings is 1. The Kier molecular flexibility index (Phi) is 10.3. The molecule has 2 fully saturated rings. The van der Waals surface area contributed by atoms with Gasteiger partial charge in [-0.15, -0.1) is 0 Å². The second kappa shape index (κ2) is 13.8. The van der Waals surface area contributed by atoms with E-state index in [0.29, 0.717) is 18.0 Å². The number of amides is 2. The molecule has 244 valence electrons. The maximum atomic E-state index is 13.6. The maximum absolute atomic E-state index is 13.6. The smallest absolute Gasteiger partial charge is 0.490 e. The number of aliphatic carboxylic acids is 1. The minimum absolute atomic E-state index is 0.0856. The Labute approximate surface area is 256 Å². The topological polar surface area (TPSA) is 113 Å². The number of nitrogens with one attached hydrogen (secondary N) is 2. The molecule has 3 atom stereocenters. The molecule has 45 heavy (non-hydrogen) atoms. The van der Waals surface area contributed by atoms with Crippen LogP contribution in [0.15, 0.2) is 52.9 Å². The number of benzene rings is 2. The van der Waals surface area contributed by atoms with Crippen molar-refractivity contribution in [3.05, 3.63) is 77.2 Å². The molecule has 0 spiro atoms. The lowest BCUT2D eigenvalue weighted by Crippen LogP contribution is -2.52. The van der Waals surface area contributed by atoms with Crippen molar-refractivity contribution in [1.29, 1.82) is 0 Å². The first kappa shape index (κ1) is 33.6. The van der Waals surface area contributed by atoms with Crippen LogP contribution >= 0.6 is 0 Å². The summed E-state index contributed by atoms with van der Waals surface area (Å²) in [5, 5.41) is 12.8. The molecule has 3 N–H and O–H groups in total. The van der Waals surface area contributed by atoms with E-state index in [1.54, 1.807) is 14.2 Å². The summed E-state index contributed by atoms with van der Waals surface area (Å²) in [5.41, 5.74) is 1.28. The number of nitrogens with zero attached hydrogens (tertiary/aromatic N) is 1. The van der Waals surface area contributed by atoms with Crippen LogP contribution in [0, 0.1) is 18.6 Å². The molecule has 14 heteroatoms. The van der Waals surface area contributed by atoms with Crippen molar-refractivity contribution in [1.82, 2.24) is 10.2 Å². The molecule has 2 amide bonds. The van der Waals surface area contributed by atoms with E-state index in [9.17, 15) is 26.7 Å². The van der Waals surface area contributed by atoms with E-state index < -0.39 is 29.8 Å². The number of methoxy groups -OCH3 is 2. The number of hydrogen-bond acceptors (Lipinski definition) is 6. The van der Waals surface area contributed by atoms with Gasteiger partial charge in [0.05, 0.1) is 20.8 Å². The highest BCUT2D eigenvalue weighted by Gasteiger charge is 2.52. The number of carbonyl (C=O) groups excluding carboxylic acids is 1. The van der Waals surface area contributed by atoms with E-state index in [2.05, 4.69) is 27.7 Å². The van der Waals surface area contributed by atoms with Crippen LogP contribution in [-0.2, 0) is 16.8 Å². The van der Waals surface area contributed by atoms with Crippen LogP contribution in [-0.4, -0.2) is 61.0 Å². The third-order valence-electron chi connectivity index (χ3n) is 8.24. The van der Waals surface area contributed by atoms with Crippen molar-refractivity contribution in [2.24, 2.45) is 0 Å². The van der Waals surface area contributed by atoms with Crippen LogP contribution in [0.2, 0.25) is 0 Å². The Morgan fingerprint density at radius 1 is 1.02 bits per heavy atom. The Hall–Kier alpha value is -4.33. The number of likely N-dealkylation sites (tertiary alicyclic amines) is 1. The van der Waals surface area contributed by atoms with Crippen LogP contribution in [0.3, 0.4) is 0 Å². The molecule has 1 saturated heterocycles. The first-order chi connectivity index (χ1) is 21.2. The van der Waals surface area contributed by atoms with Crippen LogP contribution < -0.4 is 20.1 Å². The van der Waals surface area contributed by atoms with Crippen molar-refractivity contribution in [2.75, 3.05) is 26.1 Å². The second-order valence-electron chi connectivity index (χ2n) is 11.0. The number of carboxylic acids is 1. The number of fused-ring (bicyclic) bond motifs is 1. The van der Waals surface area contributed by atoms with Gasteiger partial charge in [-0.3, -0.25) is 4.90 Å². The number of hydrogen-bond donors (Lipinski definition) is 3. The number of ether oxygens (including phenoxy) is 2. The highest BCUT2D eigenvalue weighted by atomic mass is 19.4. The van der Waals surface area contributed by atoms with Crippen LogP contribution in [0.25, 0.3) is 0 Å². The van der Waals surface area contributed by atoms with Gasteiger partial charge in [0.25, 0.3) is 0 Å². The van der Waals surface area contributed by atoms with Crippen LogP contribution in [0.5, 0.6) is 11.5 Å². The molecule has 3 unspecified atom stereocenters. The fourth-order valence-corrected chi connectivity index (χ4v) is 6.14. The summed E-state index contributed by atoms with van der Waals surface area (Å²) in [7, 11) is 3.27. The van der Waals surface area contributed by atoms with Crippen molar-refractivity contribution in [3.63, 3.8) is 0 Å². The summed E-state index contributed by atoms with van der Waals surface area (Å²) in [5.74, 6) is -1.54. The lowest BCUT2D eigenvalue weighted by Gasteiger charge is -2.45. The van der Waals surface area contributed by atoms with Crippen LogP contribution in [0.1, 0.15) is 42.8 Å². The van der Waals surface area contributed by atoms with Gasteiger partial charge in [-0.25, -0.2) is 18.4 Å². The van der Waals surface area contributed by atoms with Crippen molar-refractivity contribution in [2.45, 2.75) is 62.8 Å². The molecule has 1 aromatic heterocycles. The minimum atomic E-state index is -5.08. The molecule has 1 aliphatic heterocycles. The Morgan fingerprint density at radius 3 is 2.33 bits per heavy atom. The molecule has 5 rings (SSSR count). The summed E-state index contributed by atoms with van der Waals surface area (Å²) in [6.45, 7) is 3.52. The summed E-state index contributed by atoms with van der Waals surface area (Å²) >= 11 is 0. The molecular weight excluding hydrogens is 605 g/mol. The zero-order chi connectivity index (χ0) is 32.9. The minimum Gasteiger partial charge on any atom is -0.493 e. The summed E-state index contributed by atoms with van der Waals surface area (Å²) in [4.78, 5) is 24.1. The second-order valence-corrected chi connectivity index (χ2v) is 11.0. The Bertz CT molecular complexity index is 1510. The molecule has 0 radical (unpaired) electrons. The summed E-state index contributed by atoms with van der Waals surface area (Å²) in [6, 6.07) is 13.1. The number of anilines is 1. The molecule has 2 heterocycles. The first-order valence-electron chi connectivity index (χ1n) is 14.1. The third-order valence-corrected chi connectivity index (χ3v) is 8.24. The fourth-order valence-electron chi connectivity index (χ4n) is 6.14. The van der Waals surface area contributed by atoms with E-state index in [-0.39, 0.29) is 23.2 Å². The third kappa shape index (κ3) is 7.85. The molecule has 1 saturated carbocycles. The van der Waals surface area contributed by atoms with E-state index in [4.69, 9.17) is 23.8 Å². The zero-order valence-corrected chi connectivity index (χ0v) is 24.8. The van der Waals surface area contributed by atoms with Crippen LogP contribution in [0.4, 0.5) is 32.4 Å². The molecule has 0 bridgehead atoms. The van der Waals surface area contributed by atoms with E-state index in [0.717, 1.165) is 55.9 Å². The van der Waals surface area contributed by atoms with Crippen molar-refractivity contribution >= 4 is 17.7 Å². The van der Waals surface area contributed by atoms with E-state index >= 15 is 0 Å². The quantitative estimate of drug-likeness (QED) is 0.257. The average Bonchev–Trinajstić information content (AvgIpc) is 3.57. The summed E-state index contributed by atoms with van der Waals surface area (Å²) in [6.07, 6.45) is -1.72. The Morgan fingerprint density at radius 2 is 1.73 bits per heavy atom. The van der Waals surface area contributed by atoms with Crippen molar-refractivity contribution < 1.29 is 50.5 Å². The number of alkyl halides is 3. The number of urea groups is 1. The standard InChI is InChI=1S/C29H33F2N3O4.C2HF3O2/c1-18-4-7-22(38-18)17-34-13-12-29(19-5-9-25(36-2)26(14-19)37-3)11-10-21(16-27(29)34)33-28(35)32-20-6-8-23(30)24(31)15-20;3-2(4,5)1(6)7/h4-9,14-15,21,27H,10-13,16-17H2,1-3H3,(H2,32,33,35);(H,6,7). The highest BCUT2D eigenvalue weighted by molar-refractivity contribution is 5.89. The first-order valence-corrected chi connectivity index (χ1v) is 14.1. The molecule has 9 nitrogen and oxygen atoms in total.